The molecular weight excluding hydrogens is 246 g/mol. The fourth-order valence-electron chi connectivity index (χ4n) is 3.45. The highest BCUT2D eigenvalue weighted by Crippen LogP contribution is 2.34. The van der Waals surface area contributed by atoms with Crippen LogP contribution in [0.3, 0.4) is 0 Å². The fraction of sp³-hybridized carbons (Fsp3) is 0.667. The zero-order valence-electron chi connectivity index (χ0n) is 13.2. The molecule has 1 aromatic carbocycles. The van der Waals surface area contributed by atoms with Gasteiger partial charge in [0.1, 0.15) is 0 Å². The number of aryl methyl sites for hydroxylation is 1. The van der Waals surface area contributed by atoms with Crippen molar-refractivity contribution in [1.29, 1.82) is 0 Å². The first kappa shape index (κ1) is 15.5. The molecule has 20 heavy (non-hydrogen) atoms. The maximum absolute atomic E-state index is 6.16. The van der Waals surface area contributed by atoms with Gasteiger partial charge in [-0.05, 0) is 45.2 Å². The third-order valence-corrected chi connectivity index (χ3v) is 4.55. The molecule has 1 aliphatic carbocycles. The topological polar surface area (TPSA) is 21.3 Å². The molecule has 0 saturated heterocycles. The third kappa shape index (κ3) is 3.83. The Bertz CT molecular complexity index is 381. The summed E-state index contributed by atoms with van der Waals surface area (Å²) in [6.45, 7) is 5.04. The molecule has 1 saturated carbocycles. The molecule has 0 aliphatic heterocycles. The van der Waals surface area contributed by atoms with Crippen LogP contribution >= 0.6 is 0 Å². The van der Waals surface area contributed by atoms with Crippen molar-refractivity contribution in [3.8, 4) is 0 Å². The van der Waals surface area contributed by atoms with Crippen molar-refractivity contribution in [2.45, 2.75) is 58.1 Å². The number of ether oxygens (including phenoxy) is 1. The minimum Gasteiger partial charge on any atom is -0.376 e. The lowest BCUT2D eigenvalue weighted by Crippen LogP contribution is -2.38. The first-order valence-corrected chi connectivity index (χ1v) is 8.11. The molecule has 0 heterocycles. The summed E-state index contributed by atoms with van der Waals surface area (Å²) in [7, 11) is 2.05. The van der Waals surface area contributed by atoms with E-state index in [9.17, 15) is 0 Å². The number of rotatable bonds is 6. The van der Waals surface area contributed by atoms with Crippen molar-refractivity contribution < 1.29 is 4.74 Å². The molecule has 2 nitrogen and oxygen atoms in total. The summed E-state index contributed by atoms with van der Waals surface area (Å²) in [6, 6.07) is 9.18. The molecule has 0 aromatic heterocycles. The Morgan fingerprint density at radius 3 is 2.35 bits per heavy atom. The fourth-order valence-corrected chi connectivity index (χ4v) is 3.45. The molecule has 2 atom stereocenters. The van der Waals surface area contributed by atoms with E-state index in [1.165, 1.54) is 43.2 Å². The van der Waals surface area contributed by atoms with E-state index in [0.717, 1.165) is 6.61 Å². The predicted molar refractivity (Wildman–Crippen MR) is 85.0 cm³/mol. The lowest BCUT2D eigenvalue weighted by molar-refractivity contribution is -0.0167. The van der Waals surface area contributed by atoms with Gasteiger partial charge in [-0.2, -0.15) is 0 Å². The predicted octanol–water partition coefficient (Wildman–Crippen LogP) is 4.24. The van der Waals surface area contributed by atoms with Crippen LogP contribution in [0, 0.1) is 12.8 Å². The SMILES string of the molecule is CCOC(C1CCCCC1)C(NC)c1ccc(C)cc1. The van der Waals surface area contributed by atoms with E-state index in [4.69, 9.17) is 4.74 Å². The highest BCUT2D eigenvalue weighted by molar-refractivity contribution is 5.25. The van der Waals surface area contributed by atoms with Crippen molar-refractivity contribution in [2.75, 3.05) is 13.7 Å². The van der Waals surface area contributed by atoms with Crippen LogP contribution < -0.4 is 5.32 Å². The van der Waals surface area contributed by atoms with Crippen molar-refractivity contribution in [3.05, 3.63) is 35.4 Å². The average Bonchev–Trinajstić information content (AvgIpc) is 2.50. The van der Waals surface area contributed by atoms with Gasteiger partial charge in [0.25, 0.3) is 0 Å². The maximum Gasteiger partial charge on any atom is 0.0797 e. The zero-order valence-corrected chi connectivity index (χ0v) is 13.2. The van der Waals surface area contributed by atoms with Gasteiger partial charge < -0.3 is 10.1 Å². The molecule has 1 aliphatic rings. The molecule has 2 rings (SSSR count). The Balaban J connectivity index is 2.17. The number of hydrogen-bond donors (Lipinski definition) is 1. The number of hydrogen-bond acceptors (Lipinski definition) is 2. The number of likely N-dealkylation sites (N-methyl/N-ethyl adjacent to an activating group) is 1. The average molecular weight is 275 g/mol. The van der Waals surface area contributed by atoms with Crippen LogP contribution in [0.5, 0.6) is 0 Å². The molecule has 2 unspecified atom stereocenters. The molecule has 2 heteroatoms. The van der Waals surface area contributed by atoms with Gasteiger partial charge in [0.2, 0.25) is 0 Å². The van der Waals surface area contributed by atoms with Crippen molar-refractivity contribution in [1.82, 2.24) is 5.32 Å². The summed E-state index contributed by atoms with van der Waals surface area (Å²) >= 11 is 0. The molecule has 1 aromatic rings. The van der Waals surface area contributed by atoms with E-state index in [1.807, 2.05) is 0 Å². The molecule has 1 fully saturated rings. The lowest BCUT2D eigenvalue weighted by atomic mass is 9.81. The summed E-state index contributed by atoms with van der Waals surface area (Å²) in [5.41, 5.74) is 2.66. The second-order valence-corrected chi connectivity index (χ2v) is 6.00. The first-order valence-electron chi connectivity index (χ1n) is 8.11. The van der Waals surface area contributed by atoms with Crippen LogP contribution in [-0.2, 0) is 4.74 Å². The summed E-state index contributed by atoms with van der Waals surface area (Å²) in [6.07, 6.45) is 7.04. The Hall–Kier alpha value is -0.860. The van der Waals surface area contributed by atoms with E-state index in [2.05, 4.69) is 50.5 Å². The zero-order chi connectivity index (χ0) is 14.4. The van der Waals surface area contributed by atoms with Crippen LogP contribution in [0.15, 0.2) is 24.3 Å². The van der Waals surface area contributed by atoms with Gasteiger partial charge in [-0.3, -0.25) is 0 Å². The number of nitrogens with one attached hydrogen (secondary N) is 1. The molecule has 0 spiro atoms. The van der Waals surface area contributed by atoms with Gasteiger partial charge in [-0.15, -0.1) is 0 Å². The lowest BCUT2D eigenvalue weighted by Gasteiger charge is -2.35. The second-order valence-electron chi connectivity index (χ2n) is 6.00. The first-order chi connectivity index (χ1) is 9.76. The van der Waals surface area contributed by atoms with Crippen LogP contribution in [0.1, 0.15) is 56.2 Å². The van der Waals surface area contributed by atoms with Crippen LogP contribution in [0.2, 0.25) is 0 Å². The second kappa shape index (κ2) is 7.80. The van der Waals surface area contributed by atoms with Gasteiger partial charge >= 0.3 is 0 Å². The number of benzene rings is 1. The van der Waals surface area contributed by atoms with E-state index in [-0.39, 0.29) is 0 Å². The van der Waals surface area contributed by atoms with Gasteiger partial charge in [0.05, 0.1) is 12.1 Å². The normalized spacial score (nSPS) is 19.8. The minimum atomic E-state index is 0.299. The van der Waals surface area contributed by atoms with Gasteiger partial charge in [-0.25, -0.2) is 0 Å². The van der Waals surface area contributed by atoms with E-state index in [1.54, 1.807) is 0 Å². The maximum atomic E-state index is 6.16. The summed E-state index contributed by atoms with van der Waals surface area (Å²) in [5.74, 6) is 0.697. The van der Waals surface area contributed by atoms with Gasteiger partial charge in [-0.1, -0.05) is 49.1 Å². The van der Waals surface area contributed by atoms with Gasteiger partial charge in [0.15, 0.2) is 0 Å². The third-order valence-electron chi connectivity index (χ3n) is 4.55. The highest BCUT2D eigenvalue weighted by Gasteiger charge is 2.31. The smallest absolute Gasteiger partial charge is 0.0797 e. The molecular formula is C18H29NO. The summed E-state index contributed by atoms with van der Waals surface area (Å²) in [5, 5.41) is 3.50. The molecule has 0 bridgehead atoms. The van der Waals surface area contributed by atoms with Crippen molar-refractivity contribution in [2.24, 2.45) is 5.92 Å². The molecule has 0 amide bonds. The van der Waals surface area contributed by atoms with E-state index in [0.29, 0.717) is 18.1 Å². The van der Waals surface area contributed by atoms with E-state index >= 15 is 0 Å². The van der Waals surface area contributed by atoms with Crippen LogP contribution in [0.4, 0.5) is 0 Å². The minimum absolute atomic E-state index is 0.299. The van der Waals surface area contributed by atoms with Gasteiger partial charge in [0, 0.05) is 6.61 Å². The summed E-state index contributed by atoms with van der Waals surface area (Å²) in [4.78, 5) is 0. The quantitative estimate of drug-likeness (QED) is 0.838. The van der Waals surface area contributed by atoms with Crippen molar-refractivity contribution in [3.63, 3.8) is 0 Å². The monoisotopic (exact) mass is 275 g/mol. The Morgan fingerprint density at radius 1 is 1.15 bits per heavy atom. The largest absolute Gasteiger partial charge is 0.376 e. The molecule has 112 valence electrons. The Morgan fingerprint density at radius 2 is 1.80 bits per heavy atom. The molecule has 1 N–H and O–H groups in total. The van der Waals surface area contributed by atoms with Crippen LogP contribution in [-0.4, -0.2) is 19.8 Å². The standard InChI is InChI=1S/C18H29NO/c1-4-20-18(16-8-6-5-7-9-16)17(19-3)15-12-10-14(2)11-13-15/h10-13,16-19H,4-9H2,1-3H3. The molecule has 0 radical (unpaired) electrons. The Kier molecular flexibility index (Phi) is 6.06. The summed E-state index contributed by atoms with van der Waals surface area (Å²) < 4.78 is 6.16. The van der Waals surface area contributed by atoms with Crippen LogP contribution in [0.25, 0.3) is 0 Å². The highest BCUT2D eigenvalue weighted by atomic mass is 16.5. The van der Waals surface area contributed by atoms with Crippen molar-refractivity contribution >= 4 is 0 Å². The van der Waals surface area contributed by atoms with E-state index < -0.39 is 0 Å². The Labute approximate surface area is 123 Å².